The average molecular weight is 423 g/mol. The van der Waals surface area contributed by atoms with Crippen molar-refractivity contribution in [3.05, 3.63) is 12.2 Å². The quantitative estimate of drug-likeness (QED) is 0.507. The van der Waals surface area contributed by atoms with Crippen LogP contribution in [0.25, 0.3) is 0 Å². The molecule has 1 amide bonds. The molecule has 0 aromatic carbocycles. The highest BCUT2D eigenvalue weighted by Gasteiger charge is 2.44. The minimum Gasteiger partial charge on any atom is -0.444 e. The summed E-state index contributed by atoms with van der Waals surface area (Å²) in [7, 11) is 2.16. The number of ether oxygens (including phenoxy) is 1. The summed E-state index contributed by atoms with van der Waals surface area (Å²) in [6, 6.07) is -0.0869. The molecular weight excluding hydrogens is 376 g/mol. The first-order chi connectivity index (χ1) is 13.5. The van der Waals surface area contributed by atoms with Gasteiger partial charge in [-0.3, -0.25) is 9.69 Å². The number of Topliss-reactive ketones (excluding diaryl/α,β-unsaturated/α-hetero) is 1. The van der Waals surface area contributed by atoms with Crippen LogP contribution in [0.2, 0.25) is 0 Å². The smallest absolute Gasteiger partial charge is 0.408 e. The third kappa shape index (κ3) is 8.79. The average Bonchev–Trinajstić information content (AvgIpc) is 2.53. The number of likely N-dealkylation sites (tertiary alicyclic amines) is 1. The standard InChI is InChI=1S/C25H46N2O3/c1-18(2)15-20(26-22(29)30-23(3,4)5)13-11-12-14-21(28)19-16-24(6,7)27(10)25(8,9)17-19/h11,13,18-20H,12,14-17H2,1-10H3,(H,26,29)/b13-11+/t20-/m1/s1. The monoisotopic (exact) mass is 422 g/mol. The number of ketones is 1. The number of rotatable bonds is 8. The fourth-order valence-corrected chi connectivity index (χ4v) is 4.44. The van der Waals surface area contributed by atoms with Crippen molar-refractivity contribution in [1.82, 2.24) is 10.2 Å². The molecule has 1 fully saturated rings. The van der Waals surface area contributed by atoms with Gasteiger partial charge in [0, 0.05) is 23.4 Å². The summed E-state index contributed by atoms with van der Waals surface area (Å²) < 4.78 is 5.38. The van der Waals surface area contributed by atoms with E-state index in [9.17, 15) is 9.59 Å². The molecule has 174 valence electrons. The molecule has 1 aliphatic heterocycles. The van der Waals surface area contributed by atoms with Gasteiger partial charge in [-0.2, -0.15) is 0 Å². The Balaban J connectivity index is 2.63. The van der Waals surface area contributed by atoms with E-state index in [-0.39, 0.29) is 23.0 Å². The maximum atomic E-state index is 12.9. The molecule has 0 bridgehead atoms. The van der Waals surface area contributed by atoms with Gasteiger partial charge < -0.3 is 10.1 Å². The molecule has 1 rings (SSSR count). The molecule has 0 spiro atoms. The van der Waals surface area contributed by atoms with Crippen molar-refractivity contribution in [3.8, 4) is 0 Å². The van der Waals surface area contributed by atoms with E-state index in [2.05, 4.69) is 58.8 Å². The van der Waals surface area contributed by atoms with E-state index in [0.717, 1.165) is 19.3 Å². The van der Waals surface area contributed by atoms with Gasteiger partial charge >= 0.3 is 6.09 Å². The Morgan fingerprint density at radius 1 is 1.13 bits per heavy atom. The predicted octanol–water partition coefficient (Wildman–Crippen LogP) is 5.73. The van der Waals surface area contributed by atoms with E-state index in [1.165, 1.54) is 0 Å². The molecule has 1 heterocycles. The molecule has 0 aliphatic carbocycles. The van der Waals surface area contributed by atoms with Crippen LogP contribution in [0, 0.1) is 11.8 Å². The van der Waals surface area contributed by atoms with Gasteiger partial charge in [0.25, 0.3) is 0 Å². The van der Waals surface area contributed by atoms with E-state index in [4.69, 9.17) is 4.74 Å². The van der Waals surface area contributed by atoms with Crippen molar-refractivity contribution in [3.63, 3.8) is 0 Å². The molecule has 30 heavy (non-hydrogen) atoms. The second-order valence-corrected chi connectivity index (χ2v) is 11.6. The minimum atomic E-state index is -0.516. The van der Waals surface area contributed by atoms with Crippen molar-refractivity contribution >= 4 is 11.9 Å². The van der Waals surface area contributed by atoms with Crippen LogP contribution in [0.1, 0.15) is 94.4 Å². The van der Waals surface area contributed by atoms with Gasteiger partial charge in [0.2, 0.25) is 0 Å². The zero-order valence-electron chi connectivity index (χ0n) is 21.1. The van der Waals surface area contributed by atoms with Crippen LogP contribution < -0.4 is 5.32 Å². The normalized spacial score (nSPS) is 21.0. The Kier molecular flexibility index (Phi) is 9.16. The van der Waals surface area contributed by atoms with E-state index in [1.807, 2.05) is 32.9 Å². The summed E-state index contributed by atoms with van der Waals surface area (Å²) in [5.41, 5.74) is -0.465. The SMILES string of the molecule is CC(C)C[C@@H](/C=C/CCC(=O)C1CC(C)(C)N(C)C(C)(C)C1)NC(=O)OC(C)(C)C. The fourth-order valence-electron chi connectivity index (χ4n) is 4.44. The second kappa shape index (κ2) is 10.3. The zero-order valence-corrected chi connectivity index (χ0v) is 21.1. The first kappa shape index (κ1) is 26.7. The summed E-state index contributed by atoms with van der Waals surface area (Å²) in [6.07, 6.45) is 7.56. The molecule has 1 N–H and O–H groups in total. The van der Waals surface area contributed by atoms with Gasteiger partial charge in [0.05, 0.1) is 6.04 Å². The van der Waals surface area contributed by atoms with Crippen LogP contribution in [-0.2, 0) is 9.53 Å². The van der Waals surface area contributed by atoms with E-state index < -0.39 is 11.7 Å². The molecule has 0 radical (unpaired) electrons. The lowest BCUT2D eigenvalue weighted by Gasteiger charge is -2.53. The number of piperidine rings is 1. The molecule has 0 saturated carbocycles. The second-order valence-electron chi connectivity index (χ2n) is 11.6. The number of alkyl carbamates (subject to hydrolysis) is 1. The molecule has 0 aromatic rings. The molecular formula is C25H46N2O3. The minimum absolute atomic E-state index is 0.0254. The van der Waals surface area contributed by atoms with Crippen LogP contribution in [-0.4, -0.2) is 46.5 Å². The van der Waals surface area contributed by atoms with Crippen molar-refractivity contribution in [1.29, 1.82) is 0 Å². The van der Waals surface area contributed by atoms with E-state index in [0.29, 0.717) is 24.5 Å². The Bertz CT molecular complexity index is 596. The van der Waals surface area contributed by atoms with Crippen LogP contribution >= 0.6 is 0 Å². The Labute approximate surface area is 185 Å². The Hall–Kier alpha value is -1.36. The van der Waals surface area contributed by atoms with Crippen molar-refractivity contribution in [2.45, 2.75) is 117 Å². The van der Waals surface area contributed by atoms with Gasteiger partial charge in [-0.1, -0.05) is 26.0 Å². The number of hydrogen-bond acceptors (Lipinski definition) is 4. The van der Waals surface area contributed by atoms with Crippen LogP contribution in [0.4, 0.5) is 4.79 Å². The first-order valence-corrected chi connectivity index (χ1v) is 11.5. The van der Waals surface area contributed by atoms with Gasteiger partial charge in [-0.15, -0.1) is 0 Å². The maximum absolute atomic E-state index is 12.9. The van der Waals surface area contributed by atoms with Crippen molar-refractivity contribution in [2.24, 2.45) is 11.8 Å². The summed E-state index contributed by atoms with van der Waals surface area (Å²) in [4.78, 5) is 27.4. The molecule has 1 saturated heterocycles. The topological polar surface area (TPSA) is 58.6 Å². The number of carbonyl (C=O) groups excluding carboxylic acids is 2. The number of amides is 1. The summed E-state index contributed by atoms with van der Waals surface area (Å²) in [5.74, 6) is 0.917. The van der Waals surface area contributed by atoms with Gasteiger partial charge in [-0.25, -0.2) is 4.79 Å². The number of nitrogens with zero attached hydrogens (tertiary/aromatic N) is 1. The van der Waals surface area contributed by atoms with Crippen LogP contribution in [0.5, 0.6) is 0 Å². The fraction of sp³-hybridized carbons (Fsp3) is 0.840. The van der Waals surface area contributed by atoms with Gasteiger partial charge in [0.1, 0.15) is 11.4 Å². The molecule has 0 unspecified atom stereocenters. The Morgan fingerprint density at radius 2 is 1.67 bits per heavy atom. The lowest BCUT2D eigenvalue weighted by molar-refractivity contribution is -0.129. The van der Waals surface area contributed by atoms with Crippen molar-refractivity contribution < 1.29 is 14.3 Å². The highest BCUT2D eigenvalue weighted by atomic mass is 16.6. The maximum Gasteiger partial charge on any atom is 0.408 e. The largest absolute Gasteiger partial charge is 0.444 e. The summed E-state index contributed by atoms with van der Waals surface area (Å²) in [5, 5.41) is 2.94. The molecule has 0 aromatic heterocycles. The predicted molar refractivity (Wildman–Crippen MR) is 125 cm³/mol. The summed E-state index contributed by atoms with van der Waals surface area (Å²) in [6.45, 7) is 18.8. The number of allylic oxidation sites excluding steroid dienone is 1. The molecule has 5 heteroatoms. The van der Waals surface area contributed by atoms with Crippen LogP contribution in [0.3, 0.4) is 0 Å². The highest BCUT2D eigenvalue weighted by Crippen LogP contribution is 2.40. The molecule has 1 atom stereocenters. The Morgan fingerprint density at radius 3 is 2.13 bits per heavy atom. The third-order valence-corrected chi connectivity index (χ3v) is 6.12. The van der Waals surface area contributed by atoms with E-state index in [1.54, 1.807) is 0 Å². The first-order valence-electron chi connectivity index (χ1n) is 11.5. The summed E-state index contributed by atoms with van der Waals surface area (Å²) >= 11 is 0. The van der Waals surface area contributed by atoms with Gasteiger partial charge in [-0.05, 0) is 87.1 Å². The highest BCUT2D eigenvalue weighted by molar-refractivity contribution is 5.81. The van der Waals surface area contributed by atoms with Gasteiger partial charge in [0.15, 0.2) is 0 Å². The van der Waals surface area contributed by atoms with Crippen molar-refractivity contribution in [2.75, 3.05) is 7.05 Å². The molecule has 5 nitrogen and oxygen atoms in total. The van der Waals surface area contributed by atoms with Crippen LogP contribution in [0.15, 0.2) is 12.2 Å². The third-order valence-electron chi connectivity index (χ3n) is 6.12. The lowest BCUT2D eigenvalue weighted by atomic mass is 9.72. The zero-order chi connectivity index (χ0) is 23.3. The number of hydrogen-bond donors (Lipinski definition) is 1. The number of nitrogens with one attached hydrogen (secondary N) is 1. The number of carbonyl (C=O) groups is 2. The lowest BCUT2D eigenvalue weighted by Crippen LogP contribution is -2.59. The van der Waals surface area contributed by atoms with E-state index >= 15 is 0 Å². The molecule has 1 aliphatic rings.